The first-order valence-corrected chi connectivity index (χ1v) is 14.2. The van der Waals surface area contributed by atoms with E-state index in [-0.39, 0.29) is 60.1 Å². The van der Waals surface area contributed by atoms with Crippen molar-refractivity contribution in [2.75, 3.05) is 0 Å². The molecule has 0 aliphatic rings. The zero-order valence-corrected chi connectivity index (χ0v) is 23.7. The SMILES string of the molecule is [2H]c1c([2H])c([2H])c2c([2H])c(-c3ccc(-c4c5c([2H])c([2H])c([2H])c([2H])c5c(-c5c([2H])c([2H])c([2H])c6c([2H])c([2H])c([2H])c([2H])c56)c5c([2H])c([2H])c(-c6ccccc6)c([2H])c45)cc3)c([2H])c([2H])c2c1[2H]. The van der Waals surface area contributed by atoms with Gasteiger partial charge in [-0.3, -0.25) is 0 Å². The van der Waals surface area contributed by atoms with Crippen LogP contribution in [0.15, 0.2) is 181 Å². The van der Waals surface area contributed by atoms with Crippen LogP contribution in [0, 0.1) is 0 Å². The van der Waals surface area contributed by atoms with Crippen molar-refractivity contribution in [2.24, 2.45) is 0 Å². The maximum absolute atomic E-state index is 9.93. The molecule has 0 N–H and O–H groups in total. The lowest BCUT2D eigenvalue weighted by Gasteiger charge is -2.20. The smallest absolute Gasteiger partial charge is 0.0622 e. The van der Waals surface area contributed by atoms with Gasteiger partial charge in [0.25, 0.3) is 0 Å². The van der Waals surface area contributed by atoms with E-state index in [2.05, 4.69) is 0 Å². The maximum Gasteiger partial charge on any atom is 0.0636 e. The Labute approximate surface area is 298 Å². The van der Waals surface area contributed by atoms with Crippen molar-refractivity contribution in [3.63, 3.8) is 0 Å². The molecule has 0 bridgehead atoms. The van der Waals surface area contributed by atoms with E-state index < -0.39 is 149 Å². The number of rotatable bonds is 4. The molecular formula is C46H30. The van der Waals surface area contributed by atoms with Gasteiger partial charge in [0, 0.05) is 0 Å². The van der Waals surface area contributed by atoms with Crippen molar-refractivity contribution < 1.29 is 28.8 Å². The zero-order valence-electron chi connectivity index (χ0n) is 44.7. The Morgan fingerprint density at radius 2 is 0.870 bits per heavy atom. The Bertz CT molecular complexity index is 3730. The Hall–Kier alpha value is -5.98. The van der Waals surface area contributed by atoms with Crippen LogP contribution in [-0.2, 0) is 0 Å². The number of hydrogen-bond acceptors (Lipinski definition) is 0. The summed E-state index contributed by atoms with van der Waals surface area (Å²) in [6, 6.07) is 0.202. The molecule has 0 unspecified atom stereocenters. The molecule has 0 fully saturated rings. The summed E-state index contributed by atoms with van der Waals surface area (Å²) < 4.78 is 188. The molecule has 9 aromatic rings. The lowest BCUT2D eigenvalue weighted by Crippen LogP contribution is -1.92. The molecule has 0 saturated heterocycles. The van der Waals surface area contributed by atoms with Crippen molar-refractivity contribution in [3.8, 4) is 44.5 Å². The van der Waals surface area contributed by atoms with Crippen LogP contribution in [0.4, 0.5) is 0 Å². The third-order valence-electron chi connectivity index (χ3n) is 7.84. The summed E-state index contributed by atoms with van der Waals surface area (Å²) in [6.45, 7) is 0. The Balaban J connectivity index is 1.52. The highest BCUT2D eigenvalue weighted by molar-refractivity contribution is 6.24. The summed E-state index contributed by atoms with van der Waals surface area (Å²) in [7, 11) is 0. The molecule has 0 aromatic heterocycles. The molecular weight excluding hydrogens is 553 g/mol. The van der Waals surface area contributed by atoms with Crippen LogP contribution in [0.2, 0.25) is 0 Å². The van der Waals surface area contributed by atoms with E-state index in [9.17, 15) is 8.22 Å². The lowest BCUT2D eigenvalue weighted by molar-refractivity contribution is 1.62. The maximum atomic E-state index is 9.93. The zero-order chi connectivity index (χ0) is 48.7. The van der Waals surface area contributed by atoms with Crippen LogP contribution >= 0.6 is 0 Å². The van der Waals surface area contributed by atoms with Crippen molar-refractivity contribution in [1.82, 2.24) is 0 Å². The van der Waals surface area contributed by atoms with E-state index in [1.807, 2.05) is 0 Å². The van der Waals surface area contributed by atoms with Crippen molar-refractivity contribution >= 4 is 43.1 Å². The number of benzene rings is 9. The summed E-state index contributed by atoms with van der Waals surface area (Å²) >= 11 is 0. The minimum Gasteiger partial charge on any atom is -0.0622 e. The van der Waals surface area contributed by atoms with Crippen molar-refractivity contribution in [3.05, 3.63) is 181 Å². The average molecular weight is 604 g/mol. The fraction of sp³-hybridized carbons (Fsp3) is 0. The Morgan fingerprint density at radius 1 is 0.304 bits per heavy atom. The second kappa shape index (κ2) is 10.9. The Morgan fingerprint density at radius 3 is 1.67 bits per heavy atom. The first-order chi connectivity index (χ1) is 31.6. The van der Waals surface area contributed by atoms with Gasteiger partial charge in [0.15, 0.2) is 0 Å². The van der Waals surface area contributed by atoms with Gasteiger partial charge in [-0.15, -0.1) is 0 Å². The summed E-state index contributed by atoms with van der Waals surface area (Å²) in [6.07, 6.45) is 0. The third kappa shape index (κ3) is 4.38. The molecule has 0 radical (unpaired) electrons. The molecule has 0 aliphatic carbocycles. The van der Waals surface area contributed by atoms with E-state index in [0.717, 1.165) is 0 Å². The summed E-state index contributed by atoms with van der Waals surface area (Å²) in [5.41, 5.74) is -0.604. The Kier molecular flexibility index (Phi) is 3.02. The van der Waals surface area contributed by atoms with Gasteiger partial charge in [-0.2, -0.15) is 0 Å². The molecule has 0 spiro atoms. The van der Waals surface area contributed by atoms with Crippen LogP contribution in [-0.4, -0.2) is 0 Å². The number of fused-ring (bicyclic) bond motifs is 4. The molecule has 9 aromatic carbocycles. The minimum atomic E-state index is -0.804. The van der Waals surface area contributed by atoms with Crippen molar-refractivity contribution in [1.29, 1.82) is 0 Å². The number of hydrogen-bond donors (Lipinski definition) is 0. The summed E-state index contributed by atoms with van der Waals surface area (Å²) in [5.74, 6) is 0. The van der Waals surface area contributed by atoms with Gasteiger partial charge in [-0.05, 0) is 99.7 Å². The highest BCUT2D eigenvalue weighted by Crippen LogP contribution is 2.46. The van der Waals surface area contributed by atoms with E-state index in [1.165, 1.54) is 24.3 Å². The quantitative estimate of drug-likeness (QED) is 0.176. The highest BCUT2D eigenvalue weighted by Gasteiger charge is 2.19. The molecule has 0 aliphatic heterocycles. The fourth-order valence-corrected chi connectivity index (χ4v) is 5.74. The highest BCUT2D eigenvalue weighted by atomic mass is 14.2. The first kappa shape index (κ1) is 12.8. The van der Waals surface area contributed by atoms with Crippen LogP contribution in [0.5, 0.6) is 0 Å². The third-order valence-corrected chi connectivity index (χ3v) is 7.84. The molecule has 0 saturated carbocycles. The van der Waals surface area contributed by atoms with Gasteiger partial charge in [-0.25, -0.2) is 0 Å². The second-order valence-electron chi connectivity index (χ2n) is 10.4. The van der Waals surface area contributed by atoms with Crippen LogP contribution in [0.25, 0.3) is 87.6 Å². The summed E-state index contributed by atoms with van der Waals surface area (Å²) in [5, 5.41) is -2.71. The molecule has 214 valence electrons. The van der Waals surface area contributed by atoms with Gasteiger partial charge >= 0.3 is 0 Å². The molecule has 46 heavy (non-hydrogen) atoms. The van der Waals surface area contributed by atoms with Gasteiger partial charge in [-0.1, -0.05) is 169 Å². The first-order valence-electron chi connectivity index (χ1n) is 24.7. The molecule has 0 heteroatoms. The van der Waals surface area contributed by atoms with E-state index >= 15 is 0 Å². The fourth-order valence-electron chi connectivity index (χ4n) is 5.74. The monoisotopic (exact) mass is 603 g/mol. The van der Waals surface area contributed by atoms with E-state index in [0.29, 0.717) is 5.56 Å². The summed E-state index contributed by atoms with van der Waals surface area (Å²) in [4.78, 5) is 0. The molecule has 0 heterocycles. The van der Waals surface area contributed by atoms with Crippen LogP contribution in [0.1, 0.15) is 28.8 Å². The minimum absolute atomic E-state index is 0.0657. The lowest BCUT2D eigenvalue weighted by atomic mass is 9.83. The predicted octanol–water partition coefficient (Wildman–Crippen LogP) is 13.0. The van der Waals surface area contributed by atoms with Gasteiger partial charge in [0.05, 0.1) is 28.8 Å². The van der Waals surface area contributed by atoms with Gasteiger partial charge in [0.1, 0.15) is 0 Å². The van der Waals surface area contributed by atoms with E-state index in [4.69, 9.17) is 20.6 Å². The second-order valence-corrected chi connectivity index (χ2v) is 10.4. The van der Waals surface area contributed by atoms with Crippen molar-refractivity contribution in [2.45, 2.75) is 0 Å². The molecule has 0 atom stereocenters. The largest absolute Gasteiger partial charge is 0.0636 e. The van der Waals surface area contributed by atoms with Gasteiger partial charge in [0.2, 0.25) is 0 Å². The van der Waals surface area contributed by atoms with Crippen LogP contribution < -0.4 is 0 Å². The topological polar surface area (TPSA) is 0 Å². The normalized spacial score (nSPS) is 17.9. The average Bonchev–Trinajstić information content (AvgIpc) is 3.31. The molecule has 9 rings (SSSR count). The van der Waals surface area contributed by atoms with Crippen LogP contribution in [0.3, 0.4) is 0 Å². The standard InChI is InChI=1S/C46H30/c1-2-11-31(12-3-1)38-27-28-43-44(30-38)45(35-24-21-33(22-25-35)37-26-23-32-13-4-5-15-36(32)29-37)41-18-8-9-19-42(41)46(43)40-20-10-16-34-14-6-7-17-39(34)40/h1-30H/i4D,5D,6D,7D,8D,9D,10D,13D,14D,15D,16D,17D,18D,19D,20D,23D,26D,27D,28D,29D,30D. The molecule has 0 nitrogen and oxygen atoms in total. The van der Waals surface area contributed by atoms with Gasteiger partial charge < -0.3 is 0 Å². The molecule has 0 amide bonds. The van der Waals surface area contributed by atoms with E-state index in [1.54, 1.807) is 30.3 Å². The predicted molar refractivity (Wildman–Crippen MR) is 198 cm³/mol.